The normalized spacial score (nSPS) is 22.4. The minimum absolute atomic E-state index is 0.0986. The van der Waals surface area contributed by atoms with E-state index in [2.05, 4.69) is 11.8 Å². The Balaban J connectivity index is 2.36. The van der Waals surface area contributed by atoms with Gasteiger partial charge in [-0.15, -0.1) is 0 Å². The van der Waals surface area contributed by atoms with Crippen LogP contribution in [-0.2, 0) is 4.74 Å². The molecule has 0 aromatic heterocycles. The van der Waals surface area contributed by atoms with Crippen LogP contribution < -0.4 is 4.90 Å². The zero-order chi connectivity index (χ0) is 14.7. The molecule has 0 radical (unpaired) electrons. The fraction of sp³-hybridized carbons (Fsp3) is 0.500. The molecular formula is C14H17N3O3. The third-order valence-corrected chi connectivity index (χ3v) is 3.57. The largest absolute Gasteiger partial charge is 0.375 e. The van der Waals surface area contributed by atoms with Crippen molar-refractivity contribution in [2.24, 2.45) is 0 Å². The molecule has 1 heterocycles. The summed E-state index contributed by atoms with van der Waals surface area (Å²) in [6.45, 7) is 5.43. The van der Waals surface area contributed by atoms with Gasteiger partial charge in [-0.25, -0.2) is 0 Å². The van der Waals surface area contributed by atoms with Gasteiger partial charge in [0.25, 0.3) is 5.69 Å². The molecule has 0 N–H and O–H groups in total. The highest BCUT2D eigenvalue weighted by Gasteiger charge is 2.27. The molecule has 2 unspecified atom stereocenters. The van der Waals surface area contributed by atoms with Crippen LogP contribution in [0.2, 0.25) is 0 Å². The summed E-state index contributed by atoms with van der Waals surface area (Å²) in [4.78, 5) is 12.5. The van der Waals surface area contributed by atoms with Crippen LogP contribution in [0.1, 0.15) is 25.8 Å². The third-order valence-electron chi connectivity index (χ3n) is 3.57. The lowest BCUT2D eigenvalue weighted by Crippen LogP contribution is -2.48. The van der Waals surface area contributed by atoms with Crippen molar-refractivity contribution in [2.45, 2.75) is 32.4 Å². The number of nitro groups is 1. The molecule has 0 bridgehead atoms. The van der Waals surface area contributed by atoms with E-state index in [1.807, 2.05) is 13.0 Å². The van der Waals surface area contributed by atoms with Crippen LogP contribution in [0.5, 0.6) is 0 Å². The lowest BCUT2D eigenvalue weighted by molar-refractivity contribution is -0.385. The number of hydrogen-bond acceptors (Lipinski definition) is 5. The van der Waals surface area contributed by atoms with Gasteiger partial charge >= 0.3 is 0 Å². The first-order valence-corrected chi connectivity index (χ1v) is 6.63. The van der Waals surface area contributed by atoms with Crippen molar-refractivity contribution in [3.05, 3.63) is 33.9 Å². The lowest BCUT2D eigenvalue weighted by atomic mass is 10.1. The molecule has 0 saturated carbocycles. The maximum Gasteiger partial charge on any atom is 0.287 e. The molecule has 0 aliphatic carbocycles. The van der Waals surface area contributed by atoms with Gasteiger partial charge in [0.05, 0.1) is 23.7 Å². The van der Waals surface area contributed by atoms with Crippen LogP contribution >= 0.6 is 0 Å². The second kappa shape index (κ2) is 5.88. The van der Waals surface area contributed by atoms with Crippen molar-refractivity contribution in [3.63, 3.8) is 0 Å². The topological polar surface area (TPSA) is 79.4 Å². The first kappa shape index (κ1) is 14.3. The van der Waals surface area contributed by atoms with Crippen molar-refractivity contribution in [1.29, 1.82) is 5.26 Å². The maximum absolute atomic E-state index is 10.9. The van der Waals surface area contributed by atoms with Gasteiger partial charge in [0, 0.05) is 18.3 Å². The summed E-state index contributed by atoms with van der Waals surface area (Å²) in [5.41, 5.74) is 0.793. The van der Waals surface area contributed by atoms with Gasteiger partial charge < -0.3 is 9.64 Å². The Hall–Kier alpha value is -2.13. The second-order valence-corrected chi connectivity index (χ2v) is 4.93. The van der Waals surface area contributed by atoms with E-state index in [9.17, 15) is 10.1 Å². The fourth-order valence-corrected chi connectivity index (χ4v) is 2.45. The molecule has 1 aliphatic heterocycles. The molecular weight excluding hydrogens is 258 g/mol. The van der Waals surface area contributed by atoms with E-state index in [-0.39, 0.29) is 23.4 Å². The summed E-state index contributed by atoms with van der Waals surface area (Å²) in [6, 6.07) is 6.84. The molecule has 1 fully saturated rings. The molecule has 0 amide bonds. The quantitative estimate of drug-likeness (QED) is 0.625. The highest BCUT2D eigenvalue weighted by molar-refractivity contribution is 5.60. The number of nitriles is 1. The molecule has 1 aliphatic rings. The molecule has 6 heteroatoms. The van der Waals surface area contributed by atoms with E-state index in [0.29, 0.717) is 6.61 Å². The minimum atomic E-state index is -0.526. The van der Waals surface area contributed by atoms with Gasteiger partial charge in [0.1, 0.15) is 11.6 Å². The van der Waals surface area contributed by atoms with Gasteiger partial charge in [0.2, 0.25) is 0 Å². The Morgan fingerprint density at radius 1 is 1.60 bits per heavy atom. The SMILES string of the molecule is CCC1COC(C)CN1c1ccc([N+](=O)[O-])c(C#N)c1. The van der Waals surface area contributed by atoms with Crippen LogP contribution in [0.15, 0.2) is 18.2 Å². The van der Waals surface area contributed by atoms with E-state index in [4.69, 9.17) is 10.00 Å². The van der Waals surface area contributed by atoms with Crippen molar-refractivity contribution >= 4 is 11.4 Å². The van der Waals surface area contributed by atoms with Gasteiger partial charge in [-0.1, -0.05) is 6.92 Å². The molecule has 106 valence electrons. The van der Waals surface area contributed by atoms with Crippen molar-refractivity contribution in [2.75, 3.05) is 18.1 Å². The molecule has 1 saturated heterocycles. The number of morpholine rings is 1. The number of nitro benzene ring substituents is 1. The van der Waals surface area contributed by atoms with Crippen molar-refractivity contribution in [1.82, 2.24) is 0 Å². The van der Waals surface area contributed by atoms with Crippen molar-refractivity contribution in [3.8, 4) is 6.07 Å². The predicted molar refractivity (Wildman–Crippen MR) is 74.7 cm³/mol. The summed E-state index contributed by atoms with van der Waals surface area (Å²) in [7, 11) is 0. The van der Waals surface area contributed by atoms with Crippen LogP contribution in [0.4, 0.5) is 11.4 Å². The molecule has 1 aromatic rings. The Kier molecular flexibility index (Phi) is 4.20. The molecule has 20 heavy (non-hydrogen) atoms. The highest BCUT2D eigenvalue weighted by Crippen LogP contribution is 2.28. The van der Waals surface area contributed by atoms with E-state index in [1.54, 1.807) is 12.1 Å². The summed E-state index contributed by atoms with van der Waals surface area (Å²) in [5, 5.41) is 19.9. The summed E-state index contributed by atoms with van der Waals surface area (Å²) in [6.07, 6.45) is 1.03. The van der Waals surface area contributed by atoms with Gasteiger partial charge in [-0.2, -0.15) is 5.26 Å². The summed E-state index contributed by atoms with van der Waals surface area (Å²) in [5.74, 6) is 0. The predicted octanol–water partition coefficient (Wildman–Crippen LogP) is 2.47. The van der Waals surface area contributed by atoms with Crippen LogP contribution in [0.25, 0.3) is 0 Å². The Morgan fingerprint density at radius 2 is 2.35 bits per heavy atom. The van der Waals surface area contributed by atoms with Crippen LogP contribution in [0, 0.1) is 21.4 Å². The zero-order valence-corrected chi connectivity index (χ0v) is 11.6. The van der Waals surface area contributed by atoms with E-state index < -0.39 is 4.92 Å². The Bertz CT molecular complexity index is 553. The van der Waals surface area contributed by atoms with Crippen LogP contribution in [0.3, 0.4) is 0 Å². The average molecular weight is 275 g/mol. The second-order valence-electron chi connectivity index (χ2n) is 4.93. The molecule has 0 spiro atoms. The molecule has 1 aromatic carbocycles. The third kappa shape index (κ3) is 2.73. The zero-order valence-electron chi connectivity index (χ0n) is 11.6. The van der Waals surface area contributed by atoms with Gasteiger partial charge in [-0.3, -0.25) is 10.1 Å². The smallest absolute Gasteiger partial charge is 0.287 e. The molecule has 2 rings (SSSR count). The van der Waals surface area contributed by atoms with Crippen LogP contribution in [-0.4, -0.2) is 30.2 Å². The van der Waals surface area contributed by atoms with E-state index >= 15 is 0 Å². The Labute approximate surface area is 117 Å². The first-order valence-electron chi connectivity index (χ1n) is 6.63. The number of benzene rings is 1. The number of hydrogen-bond donors (Lipinski definition) is 0. The van der Waals surface area contributed by atoms with E-state index in [1.165, 1.54) is 6.07 Å². The number of ether oxygens (including phenoxy) is 1. The Morgan fingerprint density at radius 3 is 2.95 bits per heavy atom. The van der Waals surface area contributed by atoms with Gasteiger partial charge in [-0.05, 0) is 25.5 Å². The van der Waals surface area contributed by atoms with Crippen molar-refractivity contribution < 1.29 is 9.66 Å². The first-order chi connectivity index (χ1) is 9.56. The lowest BCUT2D eigenvalue weighted by Gasteiger charge is -2.40. The standard InChI is InChI=1S/C14H17N3O3/c1-3-12-9-20-10(2)8-16(12)13-4-5-14(17(18)19)11(6-13)7-15/h4-6,10,12H,3,8-9H2,1-2H3. The summed E-state index contributed by atoms with van der Waals surface area (Å²) < 4.78 is 5.64. The number of rotatable bonds is 3. The highest BCUT2D eigenvalue weighted by atomic mass is 16.6. The molecule has 6 nitrogen and oxygen atoms in total. The fourth-order valence-electron chi connectivity index (χ4n) is 2.45. The van der Waals surface area contributed by atoms with E-state index in [0.717, 1.165) is 18.7 Å². The summed E-state index contributed by atoms with van der Waals surface area (Å²) >= 11 is 0. The number of nitrogens with zero attached hydrogens (tertiary/aromatic N) is 3. The van der Waals surface area contributed by atoms with Gasteiger partial charge in [0.15, 0.2) is 0 Å². The maximum atomic E-state index is 10.9. The molecule has 2 atom stereocenters. The monoisotopic (exact) mass is 275 g/mol. The number of anilines is 1. The average Bonchev–Trinajstić information content (AvgIpc) is 2.46. The minimum Gasteiger partial charge on any atom is -0.375 e.